The number of amides is 2. The monoisotopic (exact) mass is 392 g/mol. The average molecular weight is 392 g/mol. The van der Waals surface area contributed by atoms with E-state index in [1.165, 1.54) is 12.1 Å². The van der Waals surface area contributed by atoms with Crippen LogP contribution >= 0.6 is 0 Å². The molecule has 0 atom stereocenters. The Morgan fingerprint density at radius 3 is 2.25 bits per heavy atom. The number of esters is 1. The summed E-state index contributed by atoms with van der Waals surface area (Å²) in [6, 6.07) is 9.38. The van der Waals surface area contributed by atoms with E-state index in [0.717, 1.165) is 18.2 Å². The van der Waals surface area contributed by atoms with Crippen molar-refractivity contribution >= 4 is 23.5 Å². The van der Waals surface area contributed by atoms with Crippen molar-refractivity contribution in [1.82, 2.24) is 5.32 Å². The SMILES string of the molecule is CCOc1ccc(C(=O)NCC(=O)OCC(=O)Nc2c(F)cccc2F)cc1. The van der Waals surface area contributed by atoms with Crippen LogP contribution in [0.15, 0.2) is 42.5 Å². The van der Waals surface area contributed by atoms with Crippen LogP contribution in [0.3, 0.4) is 0 Å². The van der Waals surface area contributed by atoms with Crippen LogP contribution in [0.25, 0.3) is 0 Å². The number of anilines is 1. The van der Waals surface area contributed by atoms with E-state index >= 15 is 0 Å². The fourth-order valence-electron chi connectivity index (χ4n) is 2.11. The fraction of sp³-hybridized carbons (Fsp3) is 0.211. The molecule has 0 radical (unpaired) electrons. The van der Waals surface area contributed by atoms with Crippen molar-refractivity contribution in [2.45, 2.75) is 6.92 Å². The highest BCUT2D eigenvalue weighted by atomic mass is 19.1. The van der Waals surface area contributed by atoms with Crippen molar-refractivity contribution in [1.29, 1.82) is 0 Å². The van der Waals surface area contributed by atoms with Gasteiger partial charge in [0, 0.05) is 5.56 Å². The number of ether oxygens (including phenoxy) is 2. The van der Waals surface area contributed by atoms with Crippen molar-refractivity contribution < 1.29 is 32.6 Å². The summed E-state index contributed by atoms with van der Waals surface area (Å²) in [5.74, 6) is -3.63. The van der Waals surface area contributed by atoms with Crippen LogP contribution in [0.1, 0.15) is 17.3 Å². The first-order valence-corrected chi connectivity index (χ1v) is 8.31. The van der Waals surface area contributed by atoms with E-state index in [4.69, 9.17) is 4.74 Å². The van der Waals surface area contributed by atoms with Crippen molar-refractivity contribution in [3.63, 3.8) is 0 Å². The smallest absolute Gasteiger partial charge is 0.325 e. The normalized spacial score (nSPS) is 10.1. The lowest BCUT2D eigenvalue weighted by molar-refractivity contribution is -0.146. The van der Waals surface area contributed by atoms with Gasteiger partial charge in [-0.15, -0.1) is 0 Å². The summed E-state index contributed by atoms with van der Waals surface area (Å²) in [5, 5.41) is 4.31. The summed E-state index contributed by atoms with van der Waals surface area (Å²) >= 11 is 0. The first-order valence-electron chi connectivity index (χ1n) is 8.31. The van der Waals surface area contributed by atoms with E-state index in [1.54, 1.807) is 12.1 Å². The summed E-state index contributed by atoms with van der Waals surface area (Å²) in [5.41, 5.74) is -0.323. The second-order valence-corrected chi connectivity index (χ2v) is 5.45. The number of nitrogens with one attached hydrogen (secondary N) is 2. The summed E-state index contributed by atoms with van der Waals surface area (Å²) in [7, 11) is 0. The van der Waals surface area contributed by atoms with Gasteiger partial charge < -0.3 is 20.1 Å². The first kappa shape index (κ1) is 20.8. The Morgan fingerprint density at radius 1 is 1.00 bits per heavy atom. The average Bonchev–Trinajstić information content (AvgIpc) is 2.68. The lowest BCUT2D eigenvalue weighted by Gasteiger charge is -2.09. The number of hydrogen-bond donors (Lipinski definition) is 2. The van der Waals surface area contributed by atoms with Crippen molar-refractivity contribution in [3.05, 3.63) is 59.7 Å². The summed E-state index contributed by atoms with van der Waals surface area (Å²) in [6.45, 7) is 1.09. The van der Waals surface area contributed by atoms with E-state index in [9.17, 15) is 23.2 Å². The molecule has 0 fully saturated rings. The molecule has 9 heteroatoms. The molecule has 2 rings (SSSR count). The van der Waals surface area contributed by atoms with Gasteiger partial charge >= 0.3 is 5.97 Å². The molecule has 148 valence electrons. The maximum Gasteiger partial charge on any atom is 0.325 e. The van der Waals surface area contributed by atoms with Crippen molar-refractivity contribution in [2.24, 2.45) is 0 Å². The quantitative estimate of drug-likeness (QED) is 0.673. The zero-order valence-corrected chi connectivity index (χ0v) is 15.0. The summed E-state index contributed by atoms with van der Waals surface area (Å²) < 4.78 is 36.8. The Kier molecular flexibility index (Phi) is 7.44. The van der Waals surface area contributed by atoms with Crippen molar-refractivity contribution in [2.75, 3.05) is 25.1 Å². The minimum Gasteiger partial charge on any atom is -0.494 e. The molecule has 0 aromatic heterocycles. The number of benzene rings is 2. The predicted octanol–water partition coefficient (Wildman–Crippen LogP) is 2.28. The lowest BCUT2D eigenvalue weighted by Crippen LogP contribution is -2.32. The molecule has 2 amide bonds. The molecule has 0 aliphatic heterocycles. The maximum absolute atomic E-state index is 13.4. The first-order chi connectivity index (χ1) is 13.4. The Morgan fingerprint density at radius 2 is 1.64 bits per heavy atom. The molecule has 7 nitrogen and oxygen atoms in total. The van der Waals surface area contributed by atoms with Gasteiger partial charge in [-0.2, -0.15) is 0 Å². The van der Waals surface area contributed by atoms with Crippen LogP contribution in [0.2, 0.25) is 0 Å². The minimum absolute atomic E-state index is 0.309. The molecule has 0 saturated heterocycles. The largest absolute Gasteiger partial charge is 0.494 e. The molecule has 0 aliphatic carbocycles. The third-order valence-electron chi connectivity index (χ3n) is 3.41. The van der Waals surface area contributed by atoms with Crippen LogP contribution in [-0.4, -0.2) is 37.5 Å². The second-order valence-electron chi connectivity index (χ2n) is 5.45. The standard InChI is InChI=1S/C19H18F2N2O5/c1-2-27-13-8-6-12(7-9-13)19(26)22-10-17(25)28-11-16(24)23-18-14(20)4-3-5-15(18)21/h3-9H,2,10-11H2,1H3,(H,22,26)(H,23,24). The molecular formula is C19H18F2N2O5. The third kappa shape index (κ3) is 6.04. The Hall–Kier alpha value is -3.49. The summed E-state index contributed by atoms with van der Waals surface area (Å²) in [4.78, 5) is 35.2. The Bertz CT molecular complexity index is 836. The molecule has 0 aliphatic rings. The lowest BCUT2D eigenvalue weighted by atomic mass is 10.2. The maximum atomic E-state index is 13.4. The zero-order valence-electron chi connectivity index (χ0n) is 15.0. The van der Waals surface area contributed by atoms with E-state index < -0.39 is 48.3 Å². The second kappa shape index (κ2) is 10.0. The van der Waals surface area contributed by atoms with Crippen LogP contribution < -0.4 is 15.4 Å². The molecule has 0 saturated carbocycles. The van der Waals surface area contributed by atoms with Crippen LogP contribution in [0, 0.1) is 11.6 Å². The summed E-state index contributed by atoms with van der Waals surface area (Å²) in [6.07, 6.45) is 0. The van der Waals surface area contributed by atoms with Gasteiger partial charge in [0.1, 0.15) is 29.6 Å². The van der Waals surface area contributed by atoms with Gasteiger partial charge in [-0.1, -0.05) is 6.07 Å². The molecule has 0 bridgehead atoms. The number of carbonyl (C=O) groups excluding carboxylic acids is 3. The number of para-hydroxylation sites is 1. The van der Waals surface area contributed by atoms with E-state index in [0.29, 0.717) is 17.9 Å². The van der Waals surface area contributed by atoms with E-state index in [-0.39, 0.29) is 0 Å². The predicted molar refractivity (Wildman–Crippen MR) is 95.9 cm³/mol. The molecule has 0 spiro atoms. The third-order valence-corrected chi connectivity index (χ3v) is 3.41. The van der Waals surface area contributed by atoms with Gasteiger partial charge in [0.05, 0.1) is 6.61 Å². The zero-order chi connectivity index (χ0) is 20.5. The topological polar surface area (TPSA) is 93.7 Å². The van der Waals surface area contributed by atoms with Crippen LogP contribution in [0.5, 0.6) is 5.75 Å². The number of carbonyl (C=O) groups is 3. The molecule has 0 heterocycles. The van der Waals surface area contributed by atoms with Crippen molar-refractivity contribution in [3.8, 4) is 5.75 Å². The van der Waals surface area contributed by atoms with Gasteiger partial charge in [-0.05, 0) is 43.3 Å². The van der Waals surface area contributed by atoms with Crippen LogP contribution in [-0.2, 0) is 14.3 Å². The fourth-order valence-corrected chi connectivity index (χ4v) is 2.11. The molecular weight excluding hydrogens is 374 g/mol. The highest BCUT2D eigenvalue weighted by molar-refractivity contribution is 5.96. The molecule has 2 aromatic carbocycles. The molecule has 0 unspecified atom stereocenters. The van der Waals surface area contributed by atoms with Crippen LogP contribution in [0.4, 0.5) is 14.5 Å². The van der Waals surface area contributed by atoms with Gasteiger partial charge in [0.25, 0.3) is 11.8 Å². The Labute approximate surface area is 159 Å². The van der Waals surface area contributed by atoms with E-state index in [1.807, 2.05) is 12.2 Å². The Balaban J connectivity index is 1.76. The molecule has 28 heavy (non-hydrogen) atoms. The number of hydrogen-bond acceptors (Lipinski definition) is 5. The highest BCUT2D eigenvalue weighted by Crippen LogP contribution is 2.17. The van der Waals surface area contributed by atoms with Gasteiger partial charge in [0.15, 0.2) is 6.61 Å². The van der Waals surface area contributed by atoms with Gasteiger partial charge in [0.2, 0.25) is 0 Å². The van der Waals surface area contributed by atoms with Gasteiger partial charge in [-0.3, -0.25) is 14.4 Å². The van der Waals surface area contributed by atoms with E-state index in [2.05, 4.69) is 10.1 Å². The number of rotatable bonds is 8. The highest BCUT2D eigenvalue weighted by Gasteiger charge is 2.14. The van der Waals surface area contributed by atoms with Gasteiger partial charge in [-0.25, -0.2) is 8.78 Å². The number of halogens is 2. The molecule has 2 aromatic rings. The minimum atomic E-state index is -0.956. The molecule has 2 N–H and O–H groups in total.